The maximum atomic E-state index is 12.8. The van der Waals surface area contributed by atoms with Gasteiger partial charge in [0.15, 0.2) is 0 Å². The highest BCUT2D eigenvalue weighted by Gasteiger charge is 2.33. The number of nitrogens with zero attached hydrogens (tertiary/aromatic N) is 2. The van der Waals surface area contributed by atoms with Crippen LogP contribution in [0.15, 0.2) is 58.6 Å². The average molecular weight is 463 g/mol. The first-order valence-electron chi connectivity index (χ1n) is 8.03. The van der Waals surface area contributed by atoms with Crippen LogP contribution in [0.5, 0.6) is 0 Å². The van der Waals surface area contributed by atoms with Gasteiger partial charge in [-0.25, -0.2) is 13.2 Å². The lowest BCUT2D eigenvalue weighted by atomic mass is 10.1. The smallest absolute Gasteiger partial charge is 0.343 e. The van der Waals surface area contributed by atoms with Gasteiger partial charge in [0.2, 0.25) is 9.84 Å². The van der Waals surface area contributed by atoms with E-state index in [2.05, 4.69) is 9.99 Å². The number of hydrogen-bond donors (Lipinski definition) is 0. The van der Waals surface area contributed by atoms with Gasteiger partial charge < -0.3 is 9.74 Å². The van der Waals surface area contributed by atoms with Gasteiger partial charge in [-0.3, -0.25) is 4.79 Å². The van der Waals surface area contributed by atoms with Crippen LogP contribution in [-0.4, -0.2) is 44.3 Å². The molecular formula is C18H14ClF3N2O5S. The van der Waals surface area contributed by atoms with Crippen LogP contribution in [-0.2, 0) is 25.6 Å². The zero-order valence-corrected chi connectivity index (χ0v) is 17.0. The van der Waals surface area contributed by atoms with E-state index in [-0.39, 0.29) is 9.92 Å². The molecule has 160 valence electrons. The summed E-state index contributed by atoms with van der Waals surface area (Å²) < 4.78 is 63.9. The fourth-order valence-electron chi connectivity index (χ4n) is 2.08. The summed E-state index contributed by atoms with van der Waals surface area (Å²) in [6, 6.07) is 8.01. The topological polar surface area (TPSA) is 93.1 Å². The third-order valence-electron chi connectivity index (χ3n) is 3.60. The van der Waals surface area contributed by atoms with E-state index in [9.17, 15) is 31.2 Å². The molecule has 0 spiro atoms. The van der Waals surface area contributed by atoms with Gasteiger partial charge in [-0.15, -0.1) is 0 Å². The van der Waals surface area contributed by atoms with Gasteiger partial charge in [-0.2, -0.15) is 13.2 Å². The van der Waals surface area contributed by atoms with Crippen molar-refractivity contribution in [2.75, 3.05) is 14.1 Å². The molecule has 0 heterocycles. The van der Waals surface area contributed by atoms with Gasteiger partial charge in [0, 0.05) is 19.1 Å². The van der Waals surface area contributed by atoms with E-state index >= 15 is 0 Å². The van der Waals surface area contributed by atoms with Crippen LogP contribution in [0.4, 0.5) is 13.2 Å². The highest BCUT2D eigenvalue weighted by atomic mass is 35.5. The number of benzene rings is 2. The largest absolute Gasteiger partial charge is 0.416 e. The molecule has 0 saturated carbocycles. The molecule has 0 fully saturated rings. The van der Waals surface area contributed by atoms with Gasteiger partial charge in [0.1, 0.15) is 0 Å². The molecule has 12 heteroatoms. The number of hydrogen-bond acceptors (Lipinski definition) is 6. The Morgan fingerprint density at radius 2 is 1.67 bits per heavy atom. The monoisotopic (exact) mass is 462 g/mol. The molecule has 30 heavy (non-hydrogen) atoms. The van der Waals surface area contributed by atoms with E-state index in [0.717, 1.165) is 35.2 Å². The molecule has 0 atom stereocenters. The van der Waals surface area contributed by atoms with Crippen molar-refractivity contribution in [3.8, 4) is 0 Å². The summed E-state index contributed by atoms with van der Waals surface area (Å²) in [5, 5.41) is 2.27. The van der Waals surface area contributed by atoms with E-state index < -0.39 is 44.1 Å². The minimum Gasteiger partial charge on any atom is -0.343 e. The van der Waals surface area contributed by atoms with E-state index in [1.807, 2.05) is 0 Å². The van der Waals surface area contributed by atoms with Crippen molar-refractivity contribution < 1.29 is 36.0 Å². The third-order valence-corrected chi connectivity index (χ3v) is 5.51. The molecule has 2 rings (SSSR count). The normalized spacial score (nSPS) is 12.4. The van der Waals surface area contributed by atoms with E-state index in [1.54, 1.807) is 0 Å². The van der Waals surface area contributed by atoms with Crippen molar-refractivity contribution in [3.63, 3.8) is 0 Å². The molecule has 0 aliphatic carbocycles. The number of carbonyl (C=O) groups is 2. The SMILES string of the molecule is CN(C)C(=O)/C(=N\OC(=O)c1cccc(C(F)(F)F)c1)S(=O)(=O)c1ccc(Cl)cc1. The van der Waals surface area contributed by atoms with Gasteiger partial charge in [-0.05, 0) is 42.5 Å². The summed E-state index contributed by atoms with van der Waals surface area (Å²) in [5.74, 6) is -2.49. The molecule has 0 unspecified atom stereocenters. The summed E-state index contributed by atoms with van der Waals surface area (Å²) in [4.78, 5) is 29.4. The molecule has 0 radical (unpaired) electrons. The zero-order chi connectivity index (χ0) is 22.7. The van der Waals surface area contributed by atoms with Crippen molar-refractivity contribution in [1.82, 2.24) is 4.90 Å². The maximum Gasteiger partial charge on any atom is 0.416 e. The summed E-state index contributed by atoms with van der Waals surface area (Å²) in [5.41, 5.74) is -1.64. The Balaban J connectivity index is 2.42. The van der Waals surface area contributed by atoms with Crippen molar-refractivity contribution in [3.05, 3.63) is 64.7 Å². The minimum atomic E-state index is -4.70. The van der Waals surface area contributed by atoms with E-state index in [4.69, 9.17) is 11.6 Å². The Kier molecular flexibility index (Phi) is 6.88. The average Bonchev–Trinajstić information content (AvgIpc) is 2.67. The van der Waals surface area contributed by atoms with Crippen LogP contribution in [0.25, 0.3) is 0 Å². The van der Waals surface area contributed by atoms with Crippen molar-refractivity contribution >= 4 is 38.4 Å². The second-order valence-corrected chi connectivity index (χ2v) is 8.31. The maximum absolute atomic E-state index is 12.8. The highest BCUT2D eigenvalue weighted by Crippen LogP contribution is 2.29. The minimum absolute atomic E-state index is 0.238. The Morgan fingerprint density at radius 1 is 1.07 bits per heavy atom. The lowest BCUT2D eigenvalue weighted by molar-refractivity contribution is -0.137. The zero-order valence-electron chi connectivity index (χ0n) is 15.5. The number of sulfone groups is 1. The first kappa shape index (κ1) is 23.4. The van der Waals surface area contributed by atoms with Crippen LogP contribution in [0.2, 0.25) is 5.02 Å². The van der Waals surface area contributed by atoms with Crippen molar-refractivity contribution in [2.24, 2.45) is 5.16 Å². The molecule has 0 aliphatic rings. The molecule has 7 nitrogen and oxygen atoms in total. The Labute approximate surface area is 174 Å². The second-order valence-electron chi connectivity index (χ2n) is 6.01. The summed E-state index contributed by atoms with van der Waals surface area (Å²) in [6.45, 7) is 0. The van der Waals surface area contributed by atoms with Crippen LogP contribution in [0, 0.1) is 0 Å². The number of amides is 1. The molecule has 0 aliphatic heterocycles. The predicted molar refractivity (Wildman–Crippen MR) is 102 cm³/mol. The molecular weight excluding hydrogens is 449 g/mol. The molecule has 2 aromatic rings. The lowest BCUT2D eigenvalue weighted by Gasteiger charge is -2.12. The highest BCUT2D eigenvalue weighted by molar-refractivity contribution is 8.08. The summed E-state index contributed by atoms with van der Waals surface area (Å²) in [6.07, 6.45) is -4.70. The van der Waals surface area contributed by atoms with Gasteiger partial charge in [0.05, 0.1) is 16.0 Å². The van der Waals surface area contributed by atoms with Crippen LogP contribution in [0.3, 0.4) is 0 Å². The number of halogens is 4. The third kappa shape index (κ3) is 5.36. The second kappa shape index (κ2) is 8.84. The Bertz CT molecular complexity index is 1100. The summed E-state index contributed by atoms with van der Waals surface area (Å²) in [7, 11) is -2.05. The van der Waals surface area contributed by atoms with Crippen LogP contribution in [0.1, 0.15) is 15.9 Å². The van der Waals surface area contributed by atoms with Crippen molar-refractivity contribution in [1.29, 1.82) is 0 Å². The molecule has 1 amide bonds. The number of oxime groups is 1. The van der Waals surface area contributed by atoms with Gasteiger partial charge >= 0.3 is 12.1 Å². The summed E-state index contributed by atoms with van der Waals surface area (Å²) >= 11 is 5.72. The lowest BCUT2D eigenvalue weighted by Crippen LogP contribution is -2.35. The molecule has 0 N–H and O–H groups in total. The molecule has 0 bridgehead atoms. The molecule has 0 aromatic heterocycles. The molecule has 2 aromatic carbocycles. The first-order valence-corrected chi connectivity index (χ1v) is 9.89. The first-order chi connectivity index (χ1) is 13.8. The standard InChI is InChI=1S/C18H14ClF3N2O5S/c1-24(2)16(25)15(30(27,28)14-8-6-13(19)7-9-14)23-29-17(26)11-4-3-5-12(10-11)18(20,21)22/h3-10H,1-2H3/b23-15+. The van der Waals surface area contributed by atoms with E-state index in [1.165, 1.54) is 26.2 Å². The molecule has 0 saturated heterocycles. The van der Waals surface area contributed by atoms with Crippen LogP contribution >= 0.6 is 11.6 Å². The van der Waals surface area contributed by atoms with Crippen LogP contribution < -0.4 is 0 Å². The van der Waals surface area contributed by atoms with Gasteiger partial charge in [-0.1, -0.05) is 22.8 Å². The fraction of sp³-hybridized carbons (Fsp3) is 0.167. The fourth-order valence-corrected chi connectivity index (χ4v) is 3.47. The number of alkyl halides is 3. The Morgan fingerprint density at radius 3 is 2.20 bits per heavy atom. The number of carbonyl (C=O) groups excluding carboxylic acids is 2. The Hall–Kier alpha value is -2.92. The number of rotatable bonds is 3. The van der Waals surface area contributed by atoms with Gasteiger partial charge in [0.25, 0.3) is 11.0 Å². The van der Waals surface area contributed by atoms with E-state index in [0.29, 0.717) is 6.07 Å². The quantitative estimate of drug-likeness (QED) is 0.302. The van der Waals surface area contributed by atoms with Crippen molar-refractivity contribution in [2.45, 2.75) is 11.1 Å². The predicted octanol–water partition coefficient (Wildman–Crippen LogP) is 3.39.